The molecule has 1 aromatic rings. The first kappa shape index (κ1) is 25.6. The molecule has 5 aliphatic rings. The van der Waals surface area contributed by atoms with E-state index >= 15 is 0 Å². The van der Waals surface area contributed by atoms with Crippen LogP contribution in [0, 0.1) is 17.8 Å². The maximum Gasteiger partial charge on any atom is 0.339 e. The van der Waals surface area contributed by atoms with E-state index in [-0.39, 0.29) is 35.8 Å². The van der Waals surface area contributed by atoms with Crippen LogP contribution in [0.4, 0.5) is 0 Å². The minimum atomic E-state index is -0.521. The molecule has 0 aliphatic heterocycles. The van der Waals surface area contributed by atoms with Gasteiger partial charge in [-0.15, -0.1) is 11.8 Å². The topological polar surface area (TPSA) is 84.5 Å². The average Bonchev–Trinajstić information content (AvgIpc) is 2.82. The third-order valence-electron chi connectivity index (χ3n) is 8.71. The molecule has 0 spiro atoms. The number of amides is 2. The van der Waals surface area contributed by atoms with Gasteiger partial charge in [0.05, 0.1) is 11.3 Å². The molecule has 0 atom stereocenters. The summed E-state index contributed by atoms with van der Waals surface area (Å²) in [5.74, 6) is 1.90. The summed E-state index contributed by atoms with van der Waals surface area (Å²) < 4.78 is 5.36. The van der Waals surface area contributed by atoms with Gasteiger partial charge in [-0.05, 0) is 81.3 Å². The van der Waals surface area contributed by atoms with E-state index in [1.165, 1.54) is 50.3 Å². The Bertz CT molecular complexity index is 921. The van der Waals surface area contributed by atoms with Gasteiger partial charge in [0.1, 0.15) is 0 Å². The number of carbonyl (C=O) groups excluding carboxylic acids is 3. The zero-order valence-corrected chi connectivity index (χ0v) is 22.1. The highest BCUT2D eigenvalue weighted by atomic mass is 32.2. The zero-order valence-electron chi connectivity index (χ0n) is 21.3. The summed E-state index contributed by atoms with van der Waals surface area (Å²) >= 11 is 1.37. The minimum absolute atomic E-state index is 0.00528. The van der Waals surface area contributed by atoms with Crippen molar-refractivity contribution in [3.8, 4) is 0 Å². The van der Waals surface area contributed by atoms with Crippen molar-refractivity contribution < 1.29 is 19.1 Å². The van der Waals surface area contributed by atoms with E-state index in [2.05, 4.69) is 10.6 Å². The van der Waals surface area contributed by atoms with Crippen LogP contribution in [-0.2, 0) is 14.3 Å². The molecule has 0 unspecified atom stereocenters. The summed E-state index contributed by atoms with van der Waals surface area (Å²) in [5.41, 5.74) is 0.401. The van der Waals surface area contributed by atoms with Gasteiger partial charge in [0.25, 0.3) is 5.91 Å². The van der Waals surface area contributed by atoms with Gasteiger partial charge < -0.3 is 15.4 Å². The van der Waals surface area contributed by atoms with Crippen molar-refractivity contribution in [1.82, 2.24) is 10.6 Å². The fraction of sp³-hybridized carbons (Fsp3) is 0.690. The van der Waals surface area contributed by atoms with Gasteiger partial charge in [0.15, 0.2) is 6.61 Å². The first-order valence-corrected chi connectivity index (χ1v) is 15.0. The predicted molar refractivity (Wildman–Crippen MR) is 141 cm³/mol. The van der Waals surface area contributed by atoms with Gasteiger partial charge >= 0.3 is 5.97 Å². The van der Waals surface area contributed by atoms with Gasteiger partial charge in [-0.25, -0.2) is 4.79 Å². The molecule has 6 rings (SSSR count). The van der Waals surface area contributed by atoms with Crippen LogP contribution in [0.3, 0.4) is 0 Å². The molecule has 0 saturated heterocycles. The van der Waals surface area contributed by atoms with E-state index < -0.39 is 5.97 Å². The third-order valence-corrected chi connectivity index (χ3v) is 9.79. The number of hydrogen-bond donors (Lipinski definition) is 2. The van der Waals surface area contributed by atoms with E-state index in [4.69, 9.17) is 4.74 Å². The first-order valence-electron chi connectivity index (χ1n) is 14.0. The number of hydrogen-bond acceptors (Lipinski definition) is 5. The Morgan fingerprint density at radius 3 is 2.14 bits per heavy atom. The van der Waals surface area contributed by atoms with Gasteiger partial charge in [-0.2, -0.15) is 0 Å². The fourth-order valence-electron chi connectivity index (χ4n) is 7.58. The van der Waals surface area contributed by atoms with Crippen LogP contribution in [-0.4, -0.2) is 41.7 Å². The van der Waals surface area contributed by atoms with Gasteiger partial charge in [-0.1, -0.05) is 44.2 Å². The van der Waals surface area contributed by atoms with Crippen LogP contribution in [0.2, 0.25) is 0 Å². The summed E-state index contributed by atoms with van der Waals surface area (Å²) in [7, 11) is 0. The molecule has 5 aliphatic carbocycles. The number of rotatable bonds is 8. The van der Waals surface area contributed by atoms with Crippen molar-refractivity contribution >= 4 is 29.5 Å². The smallest absolute Gasteiger partial charge is 0.339 e. The monoisotopic (exact) mass is 512 g/mol. The summed E-state index contributed by atoms with van der Waals surface area (Å²) in [4.78, 5) is 38.8. The summed E-state index contributed by atoms with van der Waals surface area (Å²) in [6.07, 6.45) is 15.4. The highest BCUT2D eigenvalue weighted by Crippen LogP contribution is 2.55. The lowest BCUT2D eigenvalue weighted by atomic mass is 9.53. The van der Waals surface area contributed by atoms with Gasteiger partial charge in [0, 0.05) is 16.5 Å². The number of benzene rings is 1. The number of carbonyl (C=O) groups is 3. The molecule has 196 valence electrons. The molecule has 2 amide bonds. The predicted octanol–water partition coefficient (Wildman–Crippen LogP) is 5.25. The number of thioether (sulfide) groups is 1. The quantitative estimate of drug-likeness (QED) is 0.367. The maximum absolute atomic E-state index is 12.9. The van der Waals surface area contributed by atoms with Crippen LogP contribution in [0.1, 0.15) is 93.8 Å². The molecule has 36 heavy (non-hydrogen) atoms. The zero-order chi connectivity index (χ0) is 25.0. The van der Waals surface area contributed by atoms with Crippen LogP contribution in [0.15, 0.2) is 29.2 Å². The number of ether oxygens (including phenoxy) is 1. The molecule has 5 saturated carbocycles. The Morgan fingerprint density at radius 2 is 1.47 bits per heavy atom. The van der Waals surface area contributed by atoms with E-state index in [0.29, 0.717) is 10.5 Å². The lowest BCUT2D eigenvalue weighted by Crippen LogP contribution is -2.60. The van der Waals surface area contributed by atoms with Gasteiger partial charge in [-0.3, -0.25) is 9.59 Å². The van der Waals surface area contributed by atoms with Crippen molar-refractivity contribution in [3.63, 3.8) is 0 Å². The molecule has 2 N–H and O–H groups in total. The second kappa shape index (κ2) is 11.6. The Hall–Kier alpha value is -2.02. The largest absolute Gasteiger partial charge is 0.452 e. The van der Waals surface area contributed by atoms with E-state index in [9.17, 15) is 14.4 Å². The van der Waals surface area contributed by atoms with Crippen LogP contribution in [0.5, 0.6) is 0 Å². The molecule has 6 nitrogen and oxygen atoms in total. The molecule has 0 heterocycles. The maximum atomic E-state index is 12.9. The summed E-state index contributed by atoms with van der Waals surface area (Å²) in [6, 6.07) is 7.36. The van der Waals surface area contributed by atoms with Gasteiger partial charge in [0.2, 0.25) is 5.91 Å². The molecular weight excluding hydrogens is 472 g/mol. The Morgan fingerprint density at radius 1 is 0.861 bits per heavy atom. The first-order chi connectivity index (χ1) is 17.5. The van der Waals surface area contributed by atoms with Crippen LogP contribution < -0.4 is 10.6 Å². The lowest BCUT2D eigenvalue weighted by molar-refractivity contribution is -0.125. The fourth-order valence-corrected chi connectivity index (χ4v) is 8.42. The molecular formula is C29H40N2O4S. The Labute approximate surface area is 219 Å². The molecule has 0 aromatic heterocycles. The summed E-state index contributed by atoms with van der Waals surface area (Å²) in [5, 5.41) is 6.44. The van der Waals surface area contributed by atoms with Crippen LogP contribution >= 0.6 is 11.8 Å². The van der Waals surface area contributed by atoms with Crippen molar-refractivity contribution in [2.75, 3.05) is 12.4 Å². The molecule has 1 aromatic carbocycles. The standard InChI is InChI=1S/C29H40N2O4S/c32-26(30-23-8-4-2-1-3-5-9-23)18-35-28(34)24-10-6-7-11-25(24)36-19-27(33)31-29-15-20-12-21(16-29)14-22(13-20)17-29/h6-7,10-11,20-23H,1-5,8-9,12-19H2,(H,30,32)(H,31,33). The molecule has 0 radical (unpaired) electrons. The molecule has 7 heteroatoms. The van der Waals surface area contributed by atoms with E-state index in [0.717, 1.165) is 62.7 Å². The summed E-state index contributed by atoms with van der Waals surface area (Å²) in [6.45, 7) is -0.277. The van der Waals surface area contributed by atoms with Crippen LogP contribution in [0.25, 0.3) is 0 Å². The van der Waals surface area contributed by atoms with Crippen molar-refractivity contribution in [2.45, 2.75) is 99.9 Å². The Balaban J connectivity index is 1.10. The number of esters is 1. The normalized spacial score (nSPS) is 29.7. The molecule has 5 fully saturated rings. The van der Waals surface area contributed by atoms with Crippen molar-refractivity contribution in [2.24, 2.45) is 17.8 Å². The second-order valence-electron chi connectivity index (χ2n) is 11.7. The lowest BCUT2D eigenvalue weighted by Gasteiger charge is -2.56. The average molecular weight is 513 g/mol. The highest BCUT2D eigenvalue weighted by Gasteiger charge is 2.51. The second-order valence-corrected chi connectivity index (χ2v) is 12.7. The number of nitrogens with one attached hydrogen (secondary N) is 2. The van der Waals surface area contributed by atoms with Crippen molar-refractivity contribution in [1.29, 1.82) is 0 Å². The van der Waals surface area contributed by atoms with E-state index in [1.54, 1.807) is 12.1 Å². The van der Waals surface area contributed by atoms with E-state index in [1.807, 2.05) is 12.1 Å². The molecule has 4 bridgehead atoms. The minimum Gasteiger partial charge on any atom is -0.452 e. The Kier molecular flexibility index (Phi) is 8.24. The highest BCUT2D eigenvalue weighted by molar-refractivity contribution is 8.00. The SMILES string of the molecule is O=C(COC(=O)c1ccccc1SCC(=O)NC12CC3CC(CC(C3)C1)C2)NC1CCCCCCC1. The van der Waals surface area contributed by atoms with Crippen molar-refractivity contribution in [3.05, 3.63) is 29.8 Å². The third kappa shape index (κ3) is 6.45.